The fourth-order valence-corrected chi connectivity index (χ4v) is 1.66. The average molecular weight is 312 g/mol. The summed E-state index contributed by atoms with van der Waals surface area (Å²) in [6.45, 7) is 1.82. The number of ether oxygens (including phenoxy) is 1. The summed E-state index contributed by atoms with van der Waals surface area (Å²) >= 11 is 2.87. The van der Waals surface area contributed by atoms with Crippen LogP contribution in [0.1, 0.15) is 18.2 Å². The summed E-state index contributed by atoms with van der Waals surface area (Å²) in [5.41, 5.74) is -0.830. The minimum atomic E-state index is -4.53. The minimum absolute atomic E-state index is 0.0339. The van der Waals surface area contributed by atoms with Gasteiger partial charge in [-0.1, -0.05) is 0 Å². The molecule has 94 valence electrons. The highest BCUT2D eigenvalue weighted by Gasteiger charge is 2.33. The molecule has 0 spiro atoms. The molecule has 1 aromatic heterocycles. The molecule has 1 aromatic rings. The summed E-state index contributed by atoms with van der Waals surface area (Å²) in [6, 6.07) is 2.19. The molecule has 1 heterocycles. The van der Waals surface area contributed by atoms with Crippen LogP contribution in [0.15, 0.2) is 16.7 Å². The molecule has 0 amide bonds. The van der Waals surface area contributed by atoms with Crippen molar-refractivity contribution >= 4 is 21.9 Å². The zero-order valence-electron chi connectivity index (χ0n) is 8.84. The standard InChI is InChI=1S/C10H9BrF3NO2/c1-2-17-9(16)5-6-3-7(10(12,13)14)15-8(11)4-6/h3-4H,2,5H2,1H3. The molecule has 0 aliphatic heterocycles. The molecule has 0 saturated heterocycles. The van der Waals surface area contributed by atoms with Crippen LogP contribution in [-0.4, -0.2) is 17.6 Å². The third-order valence-corrected chi connectivity index (χ3v) is 2.20. The number of hydrogen-bond acceptors (Lipinski definition) is 3. The Morgan fingerprint density at radius 2 is 2.12 bits per heavy atom. The Bertz CT molecular complexity index is 421. The van der Waals surface area contributed by atoms with Crippen molar-refractivity contribution in [3.63, 3.8) is 0 Å². The molecule has 0 N–H and O–H groups in total. The molecule has 0 saturated carbocycles. The van der Waals surface area contributed by atoms with E-state index < -0.39 is 17.8 Å². The molecule has 0 aliphatic rings. The number of alkyl halides is 3. The summed E-state index contributed by atoms with van der Waals surface area (Å²) < 4.78 is 42.0. The van der Waals surface area contributed by atoms with Crippen LogP contribution in [0, 0.1) is 0 Å². The predicted octanol–water partition coefficient (Wildman–Crippen LogP) is 2.97. The Morgan fingerprint density at radius 3 is 2.65 bits per heavy atom. The second kappa shape index (κ2) is 5.48. The number of esters is 1. The predicted molar refractivity (Wildman–Crippen MR) is 57.3 cm³/mol. The van der Waals surface area contributed by atoms with Crippen molar-refractivity contribution in [3.8, 4) is 0 Å². The van der Waals surface area contributed by atoms with Gasteiger partial charge in [-0.15, -0.1) is 0 Å². The first-order valence-corrected chi connectivity index (χ1v) is 5.51. The molecule has 0 radical (unpaired) electrons. The zero-order valence-corrected chi connectivity index (χ0v) is 10.4. The first kappa shape index (κ1) is 14.0. The van der Waals surface area contributed by atoms with Gasteiger partial charge in [-0.2, -0.15) is 13.2 Å². The number of carbonyl (C=O) groups is 1. The first-order chi connectivity index (χ1) is 7.82. The van der Waals surface area contributed by atoms with Crippen molar-refractivity contribution in [3.05, 3.63) is 28.0 Å². The Kier molecular flexibility index (Phi) is 4.50. The topological polar surface area (TPSA) is 39.2 Å². The third kappa shape index (κ3) is 4.33. The normalized spacial score (nSPS) is 11.4. The lowest BCUT2D eigenvalue weighted by Gasteiger charge is -2.08. The number of hydrogen-bond donors (Lipinski definition) is 0. The van der Waals surface area contributed by atoms with E-state index in [0.29, 0.717) is 0 Å². The van der Waals surface area contributed by atoms with E-state index in [2.05, 4.69) is 25.7 Å². The Morgan fingerprint density at radius 1 is 1.47 bits per heavy atom. The summed E-state index contributed by atoms with van der Waals surface area (Å²) in [7, 11) is 0. The molecule has 0 bridgehead atoms. The number of pyridine rings is 1. The van der Waals surface area contributed by atoms with Crippen LogP contribution >= 0.6 is 15.9 Å². The molecule has 7 heteroatoms. The van der Waals surface area contributed by atoms with Crippen LogP contribution in [-0.2, 0) is 22.1 Å². The molecule has 0 aromatic carbocycles. The third-order valence-electron chi connectivity index (χ3n) is 1.80. The smallest absolute Gasteiger partial charge is 0.433 e. The second-order valence-corrected chi connectivity index (χ2v) is 3.98. The molecule has 17 heavy (non-hydrogen) atoms. The molecule has 0 atom stereocenters. The monoisotopic (exact) mass is 311 g/mol. The zero-order chi connectivity index (χ0) is 13.1. The van der Waals surface area contributed by atoms with E-state index in [9.17, 15) is 18.0 Å². The molecule has 1 rings (SSSR count). The molecule has 0 aliphatic carbocycles. The first-order valence-electron chi connectivity index (χ1n) is 4.72. The van der Waals surface area contributed by atoms with Gasteiger partial charge in [0.05, 0.1) is 13.0 Å². The Hall–Kier alpha value is -1.11. The van der Waals surface area contributed by atoms with Gasteiger partial charge in [0.2, 0.25) is 0 Å². The van der Waals surface area contributed by atoms with Gasteiger partial charge >= 0.3 is 12.1 Å². The summed E-state index contributed by atoms with van der Waals surface area (Å²) in [4.78, 5) is 14.4. The Labute approximate surface area is 104 Å². The number of rotatable bonds is 3. The van der Waals surface area contributed by atoms with E-state index in [0.717, 1.165) is 6.07 Å². The van der Waals surface area contributed by atoms with Crippen molar-refractivity contribution in [1.82, 2.24) is 4.98 Å². The van der Waals surface area contributed by atoms with Gasteiger partial charge in [0, 0.05) is 0 Å². The van der Waals surface area contributed by atoms with E-state index >= 15 is 0 Å². The lowest BCUT2D eigenvalue weighted by atomic mass is 10.1. The van der Waals surface area contributed by atoms with Crippen LogP contribution in [0.5, 0.6) is 0 Å². The van der Waals surface area contributed by atoms with Gasteiger partial charge in [0.25, 0.3) is 0 Å². The lowest BCUT2D eigenvalue weighted by Crippen LogP contribution is -2.12. The van der Waals surface area contributed by atoms with Crippen LogP contribution < -0.4 is 0 Å². The number of nitrogens with zero attached hydrogens (tertiary/aromatic N) is 1. The van der Waals surface area contributed by atoms with Crippen molar-refractivity contribution in [2.75, 3.05) is 6.61 Å². The van der Waals surface area contributed by atoms with Crippen LogP contribution in [0.4, 0.5) is 13.2 Å². The SMILES string of the molecule is CCOC(=O)Cc1cc(Br)nc(C(F)(F)F)c1. The summed E-state index contributed by atoms with van der Waals surface area (Å²) in [5.74, 6) is -0.571. The highest BCUT2D eigenvalue weighted by Crippen LogP contribution is 2.29. The van der Waals surface area contributed by atoms with Gasteiger partial charge in [0.1, 0.15) is 10.3 Å². The maximum Gasteiger partial charge on any atom is 0.433 e. The van der Waals surface area contributed by atoms with Gasteiger partial charge in [-0.3, -0.25) is 4.79 Å². The molecule has 0 fully saturated rings. The number of aromatic nitrogens is 1. The highest BCUT2D eigenvalue weighted by atomic mass is 79.9. The van der Waals surface area contributed by atoms with Crippen molar-refractivity contribution in [2.45, 2.75) is 19.5 Å². The Balaban J connectivity index is 2.94. The van der Waals surface area contributed by atoms with Gasteiger partial charge in [-0.25, -0.2) is 4.98 Å². The maximum absolute atomic E-state index is 12.4. The fraction of sp³-hybridized carbons (Fsp3) is 0.400. The van der Waals surface area contributed by atoms with Crippen molar-refractivity contribution < 1.29 is 22.7 Å². The largest absolute Gasteiger partial charge is 0.466 e. The summed E-state index contributed by atoms with van der Waals surface area (Å²) in [6.07, 6.45) is -4.74. The molecule has 3 nitrogen and oxygen atoms in total. The van der Waals surface area contributed by atoms with Crippen LogP contribution in [0.3, 0.4) is 0 Å². The van der Waals surface area contributed by atoms with Crippen molar-refractivity contribution in [2.24, 2.45) is 0 Å². The van der Waals surface area contributed by atoms with E-state index in [1.807, 2.05) is 0 Å². The molecular weight excluding hydrogens is 303 g/mol. The van der Waals surface area contributed by atoms with E-state index in [-0.39, 0.29) is 23.2 Å². The summed E-state index contributed by atoms with van der Waals surface area (Å²) in [5, 5.41) is 0. The van der Waals surface area contributed by atoms with Gasteiger partial charge < -0.3 is 4.74 Å². The minimum Gasteiger partial charge on any atom is -0.466 e. The van der Waals surface area contributed by atoms with E-state index in [4.69, 9.17) is 0 Å². The average Bonchev–Trinajstić information content (AvgIpc) is 2.15. The molecule has 0 unspecified atom stereocenters. The van der Waals surface area contributed by atoms with Crippen LogP contribution in [0.25, 0.3) is 0 Å². The second-order valence-electron chi connectivity index (χ2n) is 3.16. The maximum atomic E-state index is 12.4. The molecular formula is C10H9BrF3NO2. The number of halogens is 4. The van der Waals surface area contributed by atoms with Crippen LogP contribution in [0.2, 0.25) is 0 Å². The van der Waals surface area contributed by atoms with Gasteiger partial charge in [0.15, 0.2) is 0 Å². The van der Waals surface area contributed by atoms with Gasteiger partial charge in [-0.05, 0) is 40.5 Å². The quantitative estimate of drug-likeness (QED) is 0.636. The number of carbonyl (C=O) groups excluding carboxylic acids is 1. The highest BCUT2D eigenvalue weighted by molar-refractivity contribution is 9.10. The fourth-order valence-electron chi connectivity index (χ4n) is 1.18. The van der Waals surface area contributed by atoms with E-state index in [1.165, 1.54) is 6.07 Å². The lowest BCUT2D eigenvalue weighted by molar-refractivity contribution is -0.143. The van der Waals surface area contributed by atoms with Crippen molar-refractivity contribution in [1.29, 1.82) is 0 Å². The van der Waals surface area contributed by atoms with E-state index in [1.54, 1.807) is 6.92 Å².